The van der Waals surface area contributed by atoms with Gasteiger partial charge in [0.15, 0.2) is 5.15 Å². The molecule has 1 aromatic heterocycles. The van der Waals surface area contributed by atoms with Crippen molar-refractivity contribution in [3.63, 3.8) is 0 Å². The first kappa shape index (κ1) is 13.8. The Labute approximate surface area is 115 Å². The lowest BCUT2D eigenvalue weighted by Crippen LogP contribution is -2.14. The monoisotopic (exact) mass is 300 g/mol. The molecule has 2 aromatic rings. The summed E-state index contributed by atoms with van der Waals surface area (Å²) in [6.45, 7) is 1.52. The maximum Gasteiger partial charge on any atom is 0.262 e. The first-order chi connectivity index (χ1) is 8.90. The smallest absolute Gasteiger partial charge is 0.262 e. The van der Waals surface area contributed by atoms with Gasteiger partial charge in [-0.15, -0.1) is 0 Å². The third kappa shape index (κ3) is 3.02. The van der Waals surface area contributed by atoms with Crippen LogP contribution in [0.1, 0.15) is 5.56 Å². The van der Waals surface area contributed by atoms with Crippen molar-refractivity contribution in [1.82, 2.24) is 4.98 Å². The number of hydrogen-bond acceptors (Lipinski definition) is 3. The van der Waals surface area contributed by atoms with Crippen LogP contribution in [0.25, 0.3) is 0 Å². The first-order valence-corrected chi connectivity index (χ1v) is 7.16. The molecule has 0 unspecified atom stereocenters. The van der Waals surface area contributed by atoms with Gasteiger partial charge in [0, 0.05) is 6.20 Å². The molecule has 0 aliphatic rings. The molecule has 0 saturated heterocycles. The average Bonchev–Trinajstić information content (AvgIpc) is 2.31. The second-order valence-electron chi connectivity index (χ2n) is 3.86. The first-order valence-electron chi connectivity index (χ1n) is 5.29. The van der Waals surface area contributed by atoms with Crippen molar-refractivity contribution in [2.45, 2.75) is 11.8 Å². The van der Waals surface area contributed by atoms with Crippen molar-refractivity contribution in [3.05, 3.63) is 53.1 Å². The van der Waals surface area contributed by atoms with Gasteiger partial charge in [0.1, 0.15) is 5.82 Å². The highest BCUT2D eigenvalue weighted by Crippen LogP contribution is 2.23. The van der Waals surface area contributed by atoms with Gasteiger partial charge in [0.2, 0.25) is 0 Å². The lowest BCUT2D eigenvalue weighted by atomic mass is 10.2. The van der Waals surface area contributed by atoms with Crippen molar-refractivity contribution in [2.24, 2.45) is 0 Å². The van der Waals surface area contributed by atoms with Crippen LogP contribution in [-0.4, -0.2) is 13.4 Å². The number of rotatable bonds is 3. The van der Waals surface area contributed by atoms with Crippen molar-refractivity contribution in [3.8, 4) is 0 Å². The maximum atomic E-state index is 13.0. The van der Waals surface area contributed by atoms with Crippen molar-refractivity contribution in [1.29, 1.82) is 0 Å². The topological polar surface area (TPSA) is 59.1 Å². The number of nitrogens with zero attached hydrogens (tertiary/aromatic N) is 1. The molecule has 0 fully saturated rings. The zero-order valence-corrected chi connectivity index (χ0v) is 11.5. The summed E-state index contributed by atoms with van der Waals surface area (Å²) in [4.78, 5) is 3.77. The Hall–Kier alpha value is -1.66. The molecule has 1 aromatic carbocycles. The number of hydrogen-bond donors (Lipinski definition) is 1. The molecule has 0 amide bonds. The second-order valence-corrected chi connectivity index (χ2v) is 5.87. The minimum Gasteiger partial charge on any atom is -0.276 e. The van der Waals surface area contributed by atoms with Gasteiger partial charge in [-0.25, -0.2) is 17.8 Å². The van der Waals surface area contributed by atoms with Gasteiger partial charge in [0.25, 0.3) is 10.0 Å². The molecule has 19 heavy (non-hydrogen) atoms. The molecule has 0 bridgehead atoms. The van der Waals surface area contributed by atoms with E-state index in [9.17, 15) is 12.8 Å². The Kier molecular flexibility index (Phi) is 3.73. The van der Waals surface area contributed by atoms with Crippen LogP contribution in [0.2, 0.25) is 5.15 Å². The van der Waals surface area contributed by atoms with Gasteiger partial charge in [0.05, 0.1) is 10.6 Å². The van der Waals surface area contributed by atoms with Crippen molar-refractivity contribution >= 4 is 27.3 Å². The van der Waals surface area contributed by atoms with E-state index >= 15 is 0 Å². The number of halogens is 2. The molecule has 0 saturated carbocycles. The summed E-state index contributed by atoms with van der Waals surface area (Å²) in [6.07, 6.45) is 1.45. The van der Waals surface area contributed by atoms with Gasteiger partial charge in [-0.3, -0.25) is 4.72 Å². The van der Waals surface area contributed by atoms with Crippen molar-refractivity contribution < 1.29 is 12.8 Å². The van der Waals surface area contributed by atoms with Crippen LogP contribution in [0.15, 0.2) is 41.4 Å². The summed E-state index contributed by atoms with van der Waals surface area (Å²) >= 11 is 5.78. The molecule has 0 aliphatic carbocycles. The minimum atomic E-state index is -3.82. The van der Waals surface area contributed by atoms with Crippen LogP contribution in [-0.2, 0) is 10.0 Å². The summed E-state index contributed by atoms with van der Waals surface area (Å²) in [5.41, 5.74) is 0.486. The lowest BCUT2D eigenvalue weighted by molar-refractivity contribution is 0.598. The number of pyridine rings is 1. The number of anilines is 1. The molecule has 0 spiro atoms. The van der Waals surface area contributed by atoms with Crippen LogP contribution < -0.4 is 4.72 Å². The Bertz CT molecular complexity index is 719. The second kappa shape index (κ2) is 5.14. The van der Waals surface area contributed by atoms with Crippen LogP contribution in [0.4, 0.5) is 10.1 Å². The highest BCUT2D eigenvalue weighted by molar-refractivity contribution is 7.92. The highest BCUT2D eigenvalue weighted by Gasteiger charge is 2.18. The van der Waals surface area contributed by atoms with E-state index < -0.39 is 15.8 Å². The molecule has 100 valence electrons. The van der Waals surface area contributed by atoms with E-state index in [0.717, 1.165) is 12.1 Å². The Balaban J connectivity index is 2.41. The predicted molar refractivity (Wildman–Crippen MR) is 71.2 cm³/mol. The molecule has 0 radical (unpaired) electrons. The van der Waals surface area contributed by atoms with E-state index in [2.05, 4.69) is 9.71 Å². The van der Waals surface area contributed by atoms with Crippen LogP contribution >= 0.6 is 11.6 Å². The van der Waals surface area contributed by atoms with Gasteiger partial charge >= 0.3 is 0 Å². The Morgan fingerprint density at radius 2 is 2.05 bits per heavy atom. The number of aromatic nitrogens is 1. The summed E-state index contributed by atoms with van der Waals surface area (Å²) < 4.78 is 39.6. The van der Waals surface area contributed by atoms with Gasteiger partial charge in [-0.2, -0.15) is 0 Å². The van der Waals surface area contributed by atoms with Crippen LogP contribution in [0, 0.1) is 12.7 Å². The van der Waals surface area contributed by atoms with E-state index in [1.54, 1.807) is 6.07 Å². The standard InChI is InChI=1S/C12H10ClFN2O2S/c1-8-7-9(14)4-5-11(8)19(17,18)16-10-3-2-6-15-12(10)13/h2-7,16H,1H3. The van der Waals surface area contributed by atoms with Crippen molar-refractivity contribution in [2.75, 3.05) is 4.72 Å². The quantitative estimate of drug-likeness (QED) is 0.887. The lowest BCUT2D eigenvalue weighted by Gasteiger charge is -2.10. The number of sulfonamides is 1. The van der Waals surface area contributed by atoms with E-state index in [1.807, 2.05) is 0 Å². The van der Waals surface area contributed by atoms with E-state index in [-0.39, 0.29) is 15.7 Å². The Morgan fingerprint density at radius 3 is 2.68 bits per heavy atom. The zero-order valence-electron chi connectivity index (χ0n) is 9.89. The summed E-state index contributed by atoms with van der Waals surface area (Å²) in [5.74, 6) is -0.490. The zero-order chi connectivity index (χ0) is 14.0. The number of nitrogens with one attached hydrogen (secondary N) is 1. The van der Waals surface area contributed by atoms with E-state index in [1.165, 1.54) is 25.3 Å². The van der Waals surface area contributed by atoms with E-state index in [0.29, 0.717) is 5.56 Å². The van der Waals surface area contributed by atoms with Gasteiger partial charge in [-0.1, -0.05) is 11.6 Å². The fourth-order valence-electron chi connectivity index (χ4n) is 1.58. The molecule has 0 atom stereocenters. The van der Waals surface area contributed by atoms with E-state index in [4.69, 9.17) is 11.6 Å². The maximum absolute atomic E-state index is 13.0. The molecule has 2 rings (SSSR count). The largest absolute Gasteiger partial charge is 0.276 e. The third-order valence-corrected chi connectivity index (χ3v) is 4.26. The summed E-state index contributed by atoms with van der Waals surface area (Å²) in [5, 5.41) is 0.0471. The molecule has 7 heteroatoms. The third-order valence-electron chi connectivity index (χ3n) is 2.43. The fourth-order valence-corrected chi connectivity index (χ4v) is 3.09. The molecular weight excluding hydrogens is 291 g/mol. The molecular formula is C12H10ClFN2O2S. The number of aryl methyl sites for hydroxylation is 1. The minimum absolute atomic E-state index is 0.00572. The molecule has 1 N–H and O–H groups in total. The molecule has 1 heterocycles. The van der Waals surface area contributed by atoms with Crippen LogP contribution in [0.5, 0.6) is 0 Å². The Morgan fingerprint density at radius 1 is 1.32 bits per heavy atom. The van der Waals surface area contributed by atoms with Gasteiger partial charge in [-0.05, 0) is 42.8 Å². The SMILES string of the molecule is Cc1cc(F)ccc1S(=O)(=O)Nc1cccnc1Cl. The van der Waals surface area contributed by atoms with Gasteiger partial charge < -0.3 is 0 Å². The highest BCUT2D eigenvalue weighted by atomic mass is 35.5. The van der Waals surface area contributed by atoms with Crippen LogP contribution in [0.3, 0.4) is 0 Å². The predicted octanol–water partition coefficient (Wildman–Crippen LogP) is 2.98. The normalized spacial score (nSPS) is 11.3. The molecule has 0 aliphatic heterocycles. The average molecular weight is 301 g/mol. The summed E-state index contributed by atoms with van der Waals surface area (Å²) in [6, 6.07) is 6.50. The summed E-state index contributed by atoms with van der Waals surface area (Å²) in [7, 11) is -3.82. The molecule has 4 nitrogen and oxygen atoms in total. The fraction of sp³-hybridized carbons (Fsp3) is 0.0833. The number of benzene rings is 1.